The molecule has 0 saturated carbocycles. The molecule has 7 nitrogen and oxygen atoms in total. The summed E-state index contributed by atoms with van der Waals surface area (Å²) >= 11 is 0. The van der Waals surface area contributed by atoms with Gasteiger partial charge in [0.15, 0.2) is 0 Å². The summed E-state index contributed by atoms with van der Waals surface area (Å²) in [6.07, 6.45) is 0.951. The maximum Gasteiger partial charge on any atom is 0.225 e. The van der Waals surface area contributed by atoms with Gasteiger partial charge in [0.2, 0.25) is 11.8 Å². The number of piperidine rings is 1. The van der Waals surface area contributed by atoms with Crippen LogP contribution in [0.25, 0.3) is 0 Å². The molecule has 1 N–H and O–H groups in total. The second-order valence-electron chi connectivity index (χ2n) is 6.36. The summed E-state index contributed by atoms with van der Waals surface area (Å²) in [6, 6.07) is 5.34. The SMILES string of the molecule is COCCN1C(=O)CC[C@@H](C(=O)NCc2ccc(OC)cc2OC)[C@H]1C. The molecule has 1 heterocycles. The number of carbonyl (C=O) groups excluding carboxylic acids is 2. The third kappa shape index (κ3) is 4.66. The van der Waals surface area contributed by atoms with E-state index in [2.05, 4.69) is 5.32 Å². The van der Waals surface area contributed by atoms with Crippen molar-refractivity contribution >= 4 is 11.8 Å². The maximum atomic E-state index is 12.7. The van der Waals surface area contributed by atoms with Crippen LogP contribution in [0.2, 0.25) is 0 Å². The van der Waals surface area contributed by atoms with Crippen LogP contribution in [0.5, 0.6) is 11.5 Å². The lowest BCUT2D eigenvalue weighted by Gasteiger charge is -2.38. The Labute approximate surface area is 154 Å². The van der Waals surface area contributed by atoms with Crippen LogP contribution in [-0.2, 0) is 20.9 Å². The Hall–Kier alpha value is -2.28. The number of hydrogen-bond donors (Lipinski definition) is 1. The molecule has 0 bridgehead atoms. The lowest BCUT2D eigenvalue weighted by molar-refractivity contribution is -0.143. The summed E-state index contributed by atoms with van der Waals surface area (Å²) in [5.74, 6) is 1.16. The van der Waals surface area contributed by atoms with Gasteiger partial charge < -0.3 is 24.4 Å². The van der Waals surface area contributed by atoms with E-state index in [0.29, 0.717) is 44.0 Å². The summed E-state index contributed by atoms with van der Waals surface area (Å²) < 4.78 is 15.6. The smallest absolute Gasteiger partial charge is 0.225 e. The molecular formula is C19H28N2O5. The van der Waals surface area contributed by atoms with Crippen LogP contribution in [0.3, 0.4) is 0 Å². The van der Waals surface area contributed by atoms with Crippen molar-refractivity contribution in [1.29, 1.82) is 0 Å². The number of likely N-dealkylation sites (tertiary alicyclic amines) is 1. The normalized spacial score (nSPS) is 20.0. The monoisotopic (exact) mass is 364 g/mol. The van der Waals surface area contributed by atoms with E-state index in [4.69, 9.17) is 14.2 Å². The Bertz CT molecular complexity index is 634. The number of methoxy groups -OCH3 is 3. The van der Waals surface area contributed by atoms with E-state index in [-0.39, 0.29) is 23.8 Å². The van der Waals surface area contributed by atoms with Gasteiger partial charge in [-0.2, -0.15) is 0 Å². The molecule has 1 aliphatic rings. The molecule has 1 aromatic rings. The molecule has 2 atom stereocenters. The van der Waals surface area contributed by atoms with Gasteiger partial charge in [-0.05, 0) is 25.5 Å². The Morgan fingerprint density at radius 1 is 1.27 bits per heavy atom. The number of rotatable bonds is 8. The largest absolute Gasteiger partial charge is 0.497 e. The Morgan fingerprint density at radius 2 is 2.04 bits per heavy atom. The van der Waals surface area contributed by atoms with Gasteiger partial charge in [0.1, 0.15) is 11.5 Å². The fourth-order valence-electron chi connectivity index (χ4n) is 3.29. The highest BCUT2D eigenvalue weighted by Crippen LogP contribution is 2.26. The van der Waals surface area contributed by atoms with Gasteiger partial charge in [-0.25, -0.2) is 0 Å². The van der Waals surface area contributed by atoms with Crippen LogP contribution in [0, 0.1) is 5.92 Å². The third-order valence-corrected chi connectivity index (χ3v) is 4.88. The number of amides is 2. The van der Waals surface area contributed by atoms with E-state index >= 15 is 0 Å². The lowest BCUT2D eigenvalue weighted by atomic mass is 9.89. The van der Waals surface area contributed by atoms with Crippen molar-refractivity contribution in [2.75, 3.05) is 34.5 Å². The molecular weight excluding hydrogens is 336 g/mol. The predicted molar refractivity (Wildman–Crippen MR) is 97.2 cm³/mol. The van der Waals surface area contributed by atoms with Crippen LogP contribution in [-0.4, -0.2) is 57.2 Å². The van der Waals surface area contributed by atoms with Gasteiger partial charge in [-0.1, -0.05) is 0 Å². The number of nitrogens with one attached hydrogen (secondary N) is 1. The first kappa shape index (κ1) is 20.0. The molecule has 0 aliphatic carbocycles. The standard InChI is InChI=1S/C19H28N2O5/c1-13-16(7-8-18(22)21(13)9-10-24-2)19(23)20-12-14-5-6-15(25-3)11-17(14)26-4/h5-6,11,13,16H,7-10,12H2,1-4H3,(H,20,23)/t13-,16-/m1/s1. The van der Waals surface area contributed by atoms with Crippen molar-refractivity contribution in [1.82, 2.24) is 10.2 Å². The Kier molecular flexibility index (Phi) is 7.26. The van der Waals surface area contributed by atoms with Gasteiger partial charge in [0.25, 0.3) is 0 Å². The molecule has 2 rings (SSSR count). The van der Waals surface area contributed by atoms with Crippen molar-refractivity contribution in [3.8, 4) is 11.5 Å². The molecule has 144 valence electrons. The highest BCUT2D eigenvalue weighted by atomic mass is 16.5. The molecule has 1 fully saturated rings. The molecule has 7 heteroatoms. The van der Waals surface area contributed by atoms with Gasteiger partial charge in [-0.3, -0.25) is 9.59 Å². The number of carbonyl (C=O) groups is 2. The predicted octanol–water partition coefficient (Wildman–Crippen LogP) is 1.59. The van der Waals surface area contributed by atoms with E-state index in [1.807, 2.05) is 19.1 Å². The molecule has 0 unspecified atom stereocenters. The zero-order chi connectivity index (χ0) is 19.1. The second kappa shape index (κ2) is 9.43. The highest BCUT2D eigenvalue weighted by molar-refractivity contribution is 5.84. The van der Waals surface area contributed by atoms with Crippen LogP contribution >= 0.6 is 0 Å². The van der Waals surface area contributed by atoms with E-state index < -0.39 is 0 Å². The van der Waals surface area contributed by atoms with E-state index in [0.717, 1.165) is 5.56 Å². The average molecular weight is 364 g/mol. The average Bonchev–Trinajstić information content (AvgIpc) is 2.65. The summed E-state index contributed by atoms with van der Waals surface area (Å²) in [7, 11) is 4.78. The number of hydrogen-bond acceptors (Lipinski definition) is 5. The molecule has 2 amide bonds. The lowest BCUT2D eigenvalue weighted by Crippen LogP contribution is -2.52. The number of nitrogens with zero attached hydrogens (tertiary/aromatic N) is 1. The molecule has 1 saturated heterocycles. The van der Waals surface area contributed by atoms with Crippen LogP contribution in [0.1, 0.15) is 25.3 Å². The Morgan fingerprint density at radius 3 is 2.69 bits per heavy atom. The fourth-order valence-corrected chi connectivity index (χ4v) is 3.29. The number of ether oxygens (including phenoxy) is 3. The topological polar surface area (TPSA) is 77.1 Å². The zero-order valence-corrected chi connectivity index (χ0v) is 15.9. The molecule has 1 aliphatic heterocycles. The maximum absolute atomic E-state index is 12.7. The molecule has 0 radical (unpaired) electrons. The summed E-state index contributed by atoms with van der Waals surface area (Å²) in [5.41, 5.74) is 0.873. The second-order valence-corrected chi connectivity index (χ2v) is 6.36. The zero-order valence-electron chi connectivity index (χ0n) is 15.9. The molecule has 0 spiro atoms. The van der Waals surface area contributed by atoms with Gasteiger partial charge in [0.05, 0.1) is 26.7 Å². The van der Waals surface area contributed by atoms with Crippen LogP contribution < -0.4 is 14.8 Å². The quantitative estimate of drug-likeness (QED) is 0.758. The first-order valence-electron chi connectivity index (χ1n) is 8.78. The van der Waals surface area contributed by atoms with Crippen molar-refractivity contribution in [3.63, 3.8) is 0 Å². The first-order chi connectivity index (χ1) is 12.5. The molecule has 0 aromatic heterocycles. The molecule has 1 aromatic carbocycles. The minimum Gasteiger partial charge on any atom is -0.497 e. The van der Waals surface area contributed by atoms with Crippen molar-refractivity contribution in [2.45, 2.75) is 32.4 Å². The highest BCUT2D eigenvalue weighted by Gasteiger charge is 2.36. The van der Waals surface area contributed by atoms with Crippen LogP contribution in [0.15, 0.2) is 18.2 Å². The van der Waals surface area contributed by atoms with Gasteiger partial charge in [-0.15, -0.1) is 0 Å². The number of benzene rings is 1. The van der Waals surface area contributed by atoms with Gasteiger partial charge in [0, 0.05) is 44.3 Å². The van der Waals surface area contributed by atoms with Crippen LogP contribution in [0.4, 0.5) is 0 Å². The van der Waals surface area contributed by atoms with E-state index in [1.165, 1.54) is 0 Å². The minimum absolute atomic E-state index is 0.0507. The Balaban J connectivity index is 2.00. The van der Waals surface area contributed by atoms with Crippen molar-refractivity contribution < 1.29 is 23.8 Å². The molecule has 26 heavy (non-hydrogen) atoms. The first-order valence-corrected chi connectivity index (χ1v) is 8.78. The summed E-state index contributed by atoms with van der Waals surface area (Å²) in [6.45, 7) is 3.26. The van der Waals surface area contributed by atoms with E-state index in [9.17, 15) is 9.59 Å². The summed E-state index contributed by atoms with van der Waals surface area (Å²) in [4.78, 5) is 26.5. The summed E-state index contributed by atoms with van der Waals surface area (Å²) in [5, 5.41) is 2.97. The van der Waals surface area contributed by atoms with Crippen molar-refractivity contribution in [3.05, 3.63) is 23.8 Å². The fraction of sp³-hybridized carbons (Fsp3) is 0.579. The van der Waals surface area contributed by atoms with E-state index in [1.54, 1.807) is 32.3 Å². The minimum atomic E-state index is -0.228. The van der Waals surface area contributed by atoms with Gasteiger partial charge >= 0.3 is 0 Å². The van der Waals surface area contributed by atoms with Crippen molar-refractivity contribution in [2.24, 2.45) is 5.92 Å². The third-order valence-electron chi connectivity index (χ3n) is 4.88.